The predicted octanol–water partition coefficient (Wildman–Crippen LogP) is 3.20. The second-order valence-corrected chi connectivity index (χ2v) is 10.1. The summed E-state index contributed by atoms with van der Waals surface area (Å²) in [4.78, 5) is 69.4. The Bertz CT molecular complexity index is 2040. The molecule has 4 aromatic heterocycles. The van der Waals surface area contributed by atoms with Gasteiger partial charge in [0.25, 0.3) is 5.56 Å². The first-order valence-corrected chi connectivity index (χ1v) is 13.3. The second-order valence-electron chi connectivity index (χ2n) is 8.85. The molecule has 4 heterocycles. The SMILES string of the molecule is CC(=O)Nc1ccc(-c2ccc3ncc4c(=O)n(COP(=O)(O)O)c(=O)n(-c5cccc(C(F)(F)F)c5)c4c3n2)cn1. The molecule has 42 heavy (non-hydrogen) atoms. The number of fused-ring (bicyclic) bond motifs is 3. The van der Waals surface area contributed by atoms with Gasteiger partial charge in [-0.3, -0.25) is 23.7 Å². The zero-order chi connectivity index (χ0) is 30.4. The fraction of sp³-hybridized carbons (Fsp3) is 0.120. The Morgan fingerprint density at radius 2 is 1.83 bits per heavy atom. The third kappa shape index (κ3) is 5.69. The van der Waals surface area contributed by atoms with Crippen LogP contribution in [0.1, 0.15) is 12.5 Å². The standard InChI is InChI=1S/C25H18F3N6O7P/c1-13(35)31-20-8-5-14(10-30-20)18-6-7-19-21(32-18)22-17(11-29-19)23(36)33(12-41-42(38,39)40)24(37)34(22)16-4-2-3-15(9-16)25(26,27)28/h2-11H,12H2,1H3,(H,30,31,35)(H2,38,39,40). The summed E-state index contributed by atoms with van der Waals surface area (Å²) < 4.78 is 57.5. The average molecular weight is 602 g/mol. The van der Waals surface area contributed by atoms with Gasteiger partial charge in [0.05, 0.1) is 33.4 Å². The van der Waals surface area contributed by atoms with Crippen LogP contribution in [0.2, 0.25) is 0 Å². The molecule has 5 aromatic rings. The summed E-state index contributed by atoms with van der Waals surface area (Å²) in [6.45, 7) is 0.115. The van der Waals surface area contributed by atoms with E-state index < -0.39 is 37.5 Å². The molecule has 0 unspecified atom stereocenters. The Hall–Kier alpha value is -4.76. The van der Waals surface area contributed by atoms with Crippen LogP contribution in [0.15, 0.2) is 70.5 Å². The van der Waals surface area contributed by atoms with Gasteiger partial charge in [0.1, 0.15) is 18.1 Å². The molecule has 3 N–H and O–H groups in total. The summed E-state index contributed by atoms with van der Waals surface area (Å²) in [6, 6.07) is 9.91. The van der Waals surface area contributed by atoms with Gasteiger partial charge in [0, 0.05) is 24.9 Å². The van der Waals surface area contributed by atoms with Crippen LogP contribution in [-0.4, -0.2) is 39.8 Å². The van der Waals surface area contributed by atoms with Gasteiger partial charge in [0.15, 0.2) is 0 Å². The largest absolute Gasteiger partial charge is 0.471 e. The highest BCUT2D eigenvalue weighted by Crippen LogP contribution is 2.36. The van der Waals surface area contributed by atoms with Crippen molar-refractivity contribution in [1.29, 1.82) is 0 Å². The smallest absolute Gasteiger partial charge is 0.311 e. The molecular formula is C25H18F3N6O7P. The molecule has 0 saturated heterocycles. The Labute approximate surface area is 232 Å². The number of halogens is 3. The number of hydrogen-bond acceptors (Lipinski definition) is 8. The summed E-state index contributed by atoms with van der Waals surface area (Å²) in [6.07, 6.45) is -2.30. The van der Waals surface area contributed by atoms with E-state index >= 15 is 0 Å². The summed E-state index contributed by atoms with van der Waals surface area (Å²) in [7, 11) is -5.15. The van der Waals surface area contributed by atoms with Gasteiger partial charge in [-0.2, -0.15) is 13.2 Å². The van der Waals surface area contributed by atoms with Crippen LogP contribution in [0, 0.1) is 0 Å². The average Bonchev–Trinajstić information content (AvgIpc) is 2.92. The maximum Gasteiger partial charge on any atom is 0.471 e. The molecule has 216 valence electrons. The minimum absolute atomic E-state index is 0.0365. The molecule has 0 aliphatic rings. The zero-order valence-electron chi connectivity index (χ0n) is 21.2. The zero-order valence-corrected chi connectivity index (χ0v) is 22.1. The fourth-order valence-electron chi connectivity index (χ4n) is 4.15. The van der Waals surface area contributed by atoms with E-state index in [1.165, 1.54) is 31.3 Å². The first-order chi connectivity index (χ1) is 19.7. The van der Waals surface area contributed by atoms with Crippen LogP contribution in [-0.2, 0) is 26.8 Å². The highest BCUT2D eigenvalue weighted by Gasteiger charge is 2.31. The summed E-state index contributed by atoms with van der Waals surface area (Å²) >= 11 is 0. The number of carbonyl (C=O) groups is 1. The van der Waals surface area contributed by atoms with E-state index in [1.807, 2.05) is 0 Å². The number of phosphoric ester groups is 1. The monoisotopic (exact) mass is 602 g/mol. The highest BCUT2D eigenvalue weighted by atomic mass is 31.2. The highest BCUT2D eigenvalue weighted by molar-refractivity contribution is 7.46. The van der Waals surface area contributed by atoms with Crippen molar-refractivity contribution >= 4 is 41.5 Å². The van der Waals surface area contributed by atoms with Gasteiger partial charge in [-0.15, -0.1) is 0 Å². The van der Waals surface area contributed by atoms with Crippen molar-refractivity contribution < 1.29 is 36.8 Å². The third-order valence-electron chi connectivity index (χ3n) is 5.96. The van der Waals surface area contributed by atoms with Gasteiger partial charge in [-0.25, -0.2) is 23.9 Å². The number of phosphoric acid groups is 1. The molecule has 0 saturated carbocycles. The van der Waals surface area contributed by atoms with Crippen LogP contribution >= 0.6 is 7.82 Å². The number of pyridine rings is 3. The lowest BCUT2D eigenvalue weighted by molar-refractivity contribution is -0.137. The van der Waals surface area contributed by atoms with E-state index in [1.54, 1.807) is 12.1 Å². The van der Waals surface area contributed by atoms with Crippen LogP contribution in [0.5, 0.6) is 0 Å². The van der Waals surface area contributed by atoms with Gasteiger partial charge in [0.2, 0.25) is 5.91 Å². The lowest BCUT2D eigenvalue weighted by Crippen LogP contribution is -2.40. The van der Waals surface area contributed by atoms with E-state index in [0.717, 1.165) is 22.9 Å². The number of carbonyl (C=O) groups excluding carboxylic acids is 1. The number of nitrogens with one attached hydrogen (secondary N) is 1. The van der Waals surface area contributed by atoms with Crippen molar-refractivity contribution in [2.45, 2.75) is 19.8 Å². The number of amides is 1. The van der Waals surface area contributed by atoms with Crippen molar-refractivity contribution in [3.05, 3.63) is 87.3 Å². The summed E-state index contributed by atoms with van der Waals surface area (Å²) in [5.74, 6) is -0.0587. The Kier molecular flexibility index (Phi) is 7.24. The minimum atomic E-state index is -5.15. The number of rotatable bonds is 6. The number of nitrogens with zero attached hydrogens (tertiary/aromatic N) is 5. The molecule has 13 nitrogen and oxygen atoms in total. The maximum absolute atomic E-state index is 13.6. The van der Waals surface area contributed by atoms with E-state index in [2.05, 4.69) is 24.8 Å². The van der Waals surface area contributed by atoms with E-state index in [-0.39, 0.29) is 45.0 Å². The lowest BCUT2D eigenvalue weighted by Gasteiger charge is -2.17. The Morgan fingerprint density at radius 1 is 1.07 bits per heavy atom. The third-order valence-corrected chi connectivity index (χ3v) is 6.41. The maximum atomic E-state index is 13.6. The first kappa shape index (κ1) is 28.8. The van der Waals surface area contributed by atoms with Gasteiger partial charge < -0.3 is 15.1 Å². The van der Waals surface area contributed by atoms with Crippen molar-refractivity contribution in [3.63, 3.8) is 0 Å². The molecule has 0 atom stereocenters. The molecule has 1 aromatic carbocycles. The van der Waals surface area contributed by atoms with Crippen LogP contribution in [0.25, 0.3) is 38.9 Å². The number of aromatic nitrogens is 5. The number of hydrogen-bond donors (Lipinski definition) is 3. The van der Waals surface area contributed by atoms with E-state index in [9.17, 15) is 32.1 Å². The quantitative estimate of drug-likeness (QED) is 0.193. The molecule has 0 aliphatic heterocycles. The Morgan fingerprint density at radius 3 is 2.48 bits per heavy atom. The van der Waals surface area contributed by atoms with Crippen molar-refractivity contribution in [3.8, 4) is 16.9 Å². The molecule has 0 bridgehead atoms. The predicted molar refractivity (Wildman–Crippen MR) is 143 cm³/mol. The molecular weight excluding hydrogens is 584 g/mol. The molecule has 17 heteroatoms. The molecule has 0 radical (unpaired) electrons. The fourth-order valence-corrected chi connectivity index (χ4v) is 4.42. The molecule has 5 rings (SSSR count). The summed E-state index contributed by atoms with van der Waals surface area (Å²) in [5, 5.41) is 2.23. The van der Waals surface area contributed by atoms with Crippen molar-refractivity contribution in [2.24, 2.45) is 0 Å². The van der Waals surface area contributed by atoms with E-state index in [4.69, 9.17) is 9.79 Å². The van der Waals surface area contributed by atoms with E-state index in [0.29, 0.717) is 16.2 Å². The van der Waals surface area contributed by atoms with Crippen LogP contribution in [0.4, 0.5) is 19.0 Å². The molecule has 0 fully saturated rings. The Balaban J connectivity index is 1.82. The molecule has 1 amide bonds. The summed E-state index contributed by atoms with van der Waals surface area (Å²) in [5.41, 5.74) is -3.05. The number of benzene rings is 1. The van der Waals surface area contributed by atoms with Gasteiger partial charge in [-0.05, 0) is 42.5 Å². The normalized spacial score (nSPS) is 12.1. The van der Waals surface area contributed by atoms with Gasteiger partial charge in [-0.1, -0.05) is 6.07 Å². The van der Waals surface area contributed by atoms with Crippen LogP contribution < -0.4 is 16.6 Å². The second kappa shape index (κ2) is 10.6. The number of alkyl halides is 3. The molecule has 0 spiro atoms. The minimum Gasteiger partial charge on any atom is -0.311 e. The molecule has 0 aliphatic carbocycles. The lowest BCUT2D eigenvalue weighted by atomic mass is 10.1. The van der Waals surface area contributed by atoms with Crippen molar-refractivity contribution in [2.75, 3.05) is 5.32 Å². The first-order valence-electron chi connectivity index (χ1n) is 11.8. The number of anilines is 1. The van der Waals surface area contributed by atoms with Crippen LogP contribution in [0.3, 0.4) is 0 Å². The topological polar surface area (TPSA) is 179 Å². The van der Waals surface area contributed by atoms with Gasteiger partial charge >= 0.3 is 19.7 Å². The van der Waals surface area contributed by atoms with Crippen molar-refractivity contribution in [1.82, 2.24) is 24.1 Å².